The molecule has 1 saturated heterocycles. The summed E-state index contributed by atoms with van der Waals surface area (Å²) in [6.45, 7) is 1.80. The van der Waals surface area contributed by atoms with Crippen LogP contribution in [0.15, 0.2) is 53.0 Å². The Morgan fingerprint density at radius 1 is 1.26 bits per heavy atom. The first-order valence-corrected chi connectivity index (χ1v) is 8.45. The molecule has 23 heavy (non-hydrogen) atoms. The fourth-order valence-corrected chi connectivity index (χ4v) is 3.09. The second-order valence-corrected chi connectivity index (χ2v) is 6.53. The third kappa shape index (κ3) is 3.74. The Labute approximate surface area is 144 Å². The Bertz CT molecular complexity index is 699. The number of carbonyl (C=O) groups excluding carboxylic acids is 1. The molecule has 1 fully saturated rings. The van der Waals surface area contributed by atoms with Gasteiger partial charge in [0.1, 0.15) is 11.5 Å². The van der Waals surface area contributed by atoms with E-state index in [2.05, 4.69) is 21.2 Å². The zero-order valence-electron chi connectivity index (χ0n) is 13.0. The van der Waals surface area contributed by atoms with Crippen molar-refractivity contribution < 1.29 is 9.53 Å². The van der Waals surface area contributed by atoms with Crippen molar-refractivity contribution in [2.75, 3.05) is 20.1 Å². The van der Waals surface area contributed by atoms with Crippen LogP contribution in [0.3, 0.4) is 0 Å². The molecule has 1 aliphatic heterocycles. The Morgan fingerprint density at radius 3 is 2.83 bits per heavy atom. The van der Waals surface area contributed by atoms with Gasteiger partial charge < -0.3 is 15.0 Å². The van der Waals surface area contributed by atoms with E-state index in [1.807, 2.05) is 60.5 Å². The lowest BCUT2D eigenvalue weighted by molar-refractivity contribution is 0.0741. The first-order valence-electron chi connectivity index (χ1n) is 7.65. The van der Waals surface area contributed by atoms with E-state index in [1.165, 1.54) is 0 Å². The molecule has 1 amide bonds. The van der Waals surface area contributed by atoms with Gasteiger partial charge in [-0.05, 0) is 43.3 Å². The number of rotatable bonds is 4. The predicted molar refractivity (Wildman–Crippen MR) is 94.0 cm³/mol. The van der Waals surface area contributed by atoms with Gasteiger partial charge in [-0.15, -0.1) is 0 Å². The minimum atomic E-state index is -0.00991. The van der Waals surface area contributed by atoms with Crippen LogP contribution in [0.1, 0.15) is 16.8 Å². The van der Waals surface area contributed by atoms with Gasteiger partial charge in [0, 0.05) is 24.1 Å². The first-order chi connectivity index (χ1) is 11.1. The average Bonchev–Trinajstić information content (AvgIpc) is 3.08. The molecule has 120 valence electrons. The van der Waals surface area contributed by atoms with Gasteiger partial charge >= 0.3 is 0 Å². The number of benzene rings is 2. The Morgan fingerprint density at radius 2 is 2.09 bits per heavy atom. The molecule has 2 aromatic carbocycles. The van der Waals surface area contributed by atoms with Crippen LogP contribution >= 0.6 is 15.9 Å². The molecule has 0 radical (unpaired) electrons. The maximum atomic E-state index is 12.8. The summed E-state index contributed by atoms with van der Waals surface area (Å²) in [6, 6.07) is 15.2. The summed E-state index contributed by atoms with van der Waals surface area (Å²) in [5.41, 5.74) is 0.585. The topological polar surface area (TPSA) is 41.6 Å². The molecule has 1 heterocycles. The molecule has 1 N–H and O–H groups in total. The monoisotopic (exact) mass is 374 g/mol. The Hall–Kier alpha value is -1.85. The fraction of sp³-hybridized carbons (Fsp3) is 0.278. The van der Waals surface area contributed by atoms with Crippen LogP contribution in [0.5, 0.6) is 11.5 Å². The van der Waals surface area contributed by atoms with Crippen LogP contribution in [0.25, 0.3) is 0 Å². The van der Waals surface area contributed by atoms with Crippen LogP contribution in [0.2, 0.25) is 0 Å². The number of amides is 1. The van der Waals surface area contributed by atoms with Crippen molar-refractivity contribution >= 4 is 21.8 Å². The molecule has 4 nitrogen and oxygen atoms in total. The first kappa shape index (κ1) is 16.0. The summed E-state index contributed by atoms with van der Waals surface area (Å²) in [6.07, 6.45) is 0.983. The lowest BCUT2D eigenvalue weighted by atomic mass is 10.1. The highest BCUT2D eigenvalue weighted by Crippen LogP contribution is 2.28. The molecule has 3 rings (SSSR count). The molecule has 0 saturated carbocycles. The Balaban J connectivity index is 1.83. The van der Waals surface area contributed by atoms with Gasteiger partial charge in [0.05, 0.1) is 5.56 Å². The second-order valence-electron chi connectivity index (χ2n) is 5.62. The van der Waals surface area contributed by atoms with E-state index in [9.17, 15) is 4.79 Å². The molecule has 1 unspecified atom stereocenters. The van der Waals surface area contributed by atoms with Crippen molar-refractivity contribution in [3.8, 4) is 11.5 Å². The van der Waals surface area contributed by atoms with E-state index < -0.39 is 0 Å². The number of hydrogen-bond donors (Lipinski definition) is 1. The zero-order valence-corrected chi connectivity index (χ0v) is 14.5. The molecule has 0 aromatic heterocycles. The summed E-state index contributed by atoms with van der Waals surface area (Å²) >= 11 is 3.43. The van der Waals surface area contributed by atoms with Crippen LogP contribution in [0, 0.1) is 0 Å². The zero-order chi connectivity index (χ0) is 16.2. The van der Waals surface area contributed by atoms with Crippen molar-refractivity contribution in [1.82, 2.24) is 10.2 Å². The maximum Gasteiger partial charge on any atom is 0.257 e. The number of carbonyl (C=O) groups is 1. The van der Waals surface area contributed by atoms with E-state index in [1.54, 1.807) is 0 Å². The van der Waals surface area contributed by atoms with Crippen molar-refractivity contribution in [2.24, 2.45) is 0 Å². The lowest BCUT2D eigenvalue weighted by Gasteiger charge is -2.24. The summed E-state index contributed by atoms with van der Waals surface area (Å²) in [7, 11) is 1.86. The van der Waals surface area contributed by atoms with Gasteiger partial charge in [0.15, 0.2) is 0 Å². The quantitative estimate of drug-likeness (QED) is 0.887. The minimum absolute atomic E-state index is 0.00991. The molecule has 5 heteroatoms. The highest BCUT2D eigenvalue weighted by Gasteiger charge is 2.25. The Kier molecular flexibility index (Phi) is 4.98. The molecule has 2 aromatic rings. The van der Waals surface area contributed by atoms with Gasteiger partial charge in [0.2, 0.25) is 0 Å². The van der Waals surface area contributed by atoms with Crippen LogP contribution in [-0.2, 0) is 0 Å². The summed E-state index contributed by atoms with van der Waals surface area (Å²) in [5.74, 6) is 1.27. The predicted octanol–water partition coefficient (Wildman–Crippen LogP) is 3.68. The summed E-state index contributed by atoms with van der Waals surface area (Å²) in [4.78, 5) is 14.6. The summed E-state index contributed by atoms with van der Waals surface area (Å²) < 4.78 is 6.87. The van der Waals surface area contributed by atoms with Gasteiger partial charge in [-0.3, -0.25) is 4.79 Å². The van der Waals surface area contributed by atoms with Crippen molar-refractivity contribution in [3.63, 3.8) is 0 Å². The van der Waals surface area contributed by atoms with Crippen molar-refractivity contribution in [1.29, 1.82) is 0 Å². The maximum absolute atomic E-state index is 12.8. The number of halogens is 1. The van der Waals surface area contributed by atoms with E-state index >= 15 is 0 Å². The summed E-state index contributed by atoms with van der Waals surface area (Å²) in [5, 5.41) is 3.29. The highest BCUT2D eigenvalue weighted by atomic mass is 79.9. The van der Waals surface area contributed by atoms with Gasteiger partial charge in [-0.25, -0.2) is 0 Å². The van der Waals surface area contributed by atoms with Crippen molar-refractivity contribution in [2.45, 2.75) is 12.5 Å². The number of nitrogens with zero attached hydrogens (tertiary/aromatic N) is 1. The molecular formula is C18H19BrN2O2. The molecule has 1 atom stereocenters. The van der Waals surface area contributed by atoms with Crippen LogP contribution in [-0.4, -0.2) is 37.0 Å². The third-order valence-corrected chi connectivity index (χ3v) is 4.54. The molecule has 0 bridgehead atoms. The standard InChI is InChI=1S/C18H19BrN2O2/c1-21(14-9-10-20-12-14)18(22)16-7-2-3-8-17(16)23-15-6-4-5-13(19)11-15/h2-8,11,14,20H,9-10,12H2,1H3. The van der Waals surface area contributed by atoms with Gasteiger partial charge in [-0.2, -0.15) is 0 Å². The number of likely N-dealkylation sites (N-methyl/N-ethyl adjacent to an activating group) is 1. The van der Waals surface area contributed by atoms with E-state index in [0.29, 0.717) is 17.1 Å². The van der Waals surface area contributed by atoms with Crippen LogP contribution in [0.4, 0.5) is 0 Å². The number of nitrogens with one attached hydrogen (secondary N) is 1. The third-order valence-electron chi connectivity index (χ3n) is 4.04. The molecule has 1 aliphatic rings. The average molecular weight is 375 g/mol. The van der Waals surface area contributed by atoms with Crippen LogP contribution < -0.4 is 10.1 Å². The van der Waals surface area contributed by atoms with Gasteiger partial charge in [0.25, 0.3) is 5.91 Å². The number of para-hydroxylation sites is 1. The second kappa shape index (κ2) is 7.15. The smallest absolute Gasteiger partial charge is 0.257 e. The fourth-order valence-electron chi connectivity index (χ4n) is 2.72. The van der Waals surface area contributed by atoms with E-state index in [0.717, 1.165) is 24.0 Å². The van der Waals surface area contributed by atoms with E-state index in [4.69, 9.17) is 4.74 Å². The number of ether oxygens (including phenoxy) is 1. The normalized spacial score (nSPS) is 17.0. The molecule has 0 aliphatic carbocycles. The van der Waals surface area contributed by atoms with E-state index in [-0.39, 0.29) is 11.9 Å². The molecular weight excluding hydrogens is 356 g/mol. The minimum Gasteiger partial charge on any atom is -0.456 e. The molecule has 0 spiro atoms. The highest BCUT2D eigenvalue weighted by molar-refractivity contribution is 9.10. The lowest BCUT2D eigenvalue weighted by Crippen LogP contribution is -2.38. The number of hydrogen-bond acceptors (Lipinski definition) is 3. The largest absolute Gasteiger partial charge is 0.456 e. The van der Waals surface area contributed by atoms with Gasteiger partial charge in [-0.1, -0.05) is 34.1 Å². The SMILES string of the molecule is CN(C(=O)c1ccccc1Oc1cccc(Br)c1)C1CCNC1. The van der Waals surface area contributed by atoms with Crippen molar-refractivity contribution in [3.05, 3.63) is 58.6 Å².